The Labute approximate surface area is 117 Å². The number of halogens is 1. The highest BCUT2D eigenvalue weighted by Gasteiger charge is 2.24. The Kier molecular flexibility index (Phi) is 4.90. The number of nitrogens with zero attached hydrogens (tertiary/aromatic N) is 1. The summed E-state index contributed by atoms with van der Waals surface area (Å²) in [6.45, 7) is 9.11. The first kappa shape index (κ1) is 14.8. The van der Waals surface area contributed by atoms with Gasteiger partial charge in [0, 0.05) is 22.8 Å². The topological polar surface area (TPSA) is 22.0 Å². The van der Waals surface area contributed by atoms with Gasteiger partial charge in [-0.1, -0.05) is 20.8 Å². The SMILES string of the molecule is Cc1cc(Br)cn(CC(CS)C(C)(C)C)c1=O. The number of thiol groups is 1. The molecule has 0 saturated heterocycles. The van der Waals surface area contributed by atoms with Crippen LogP contribution in [0.5, 0.6) is 0 Å². The Hall–Kier alpha value is -0.220. The Balaban J connectivity index is 3.06. The van der Waals surface area contributed by atoms with E-state index in [2.05, 4.69) is 49.3 Å². The van der Waals surface area contributed by atoms with Crippen LogP contribution in [0.25, 0.3) is 0 Å². The van der Waals surface area contributed by atoms with Gasteiger partial charge in [-0.05, 0) is 46.0 Å². The molecular weight excluding hydrogens is 298 g/mol. The molecule has 0 aliphatic rings. The van der Waals surface area contributed by atoms with Crippen LogP contribution in [-0.2, 0) is 6.54 Å². The van der Waals surface area contributed by atoms with E-state index in [1.165, 1.54) is 0 Å². The summed E-state index contributed by atoms with van der Waals surface area (Å²) in [6, 6.07) is 1.85. The number of aryl methyl sites for hydroxylation is 1. The molecule has 4 heteroatoms. The van der Waals surface area contributed by atoms with Crippen molar-refractivity contribution in [3.8, 4) is 0 Å². The molecule has 0 aliphatic heterocycles. The summed E-state index contributed by atoms with van der Waals surface area (Å²) >= 11 is 7.83. The van der Waals surface area contributed by atoms with E-state index >= 15 is 0 Å². The highest BCUT2D eigenvalue weighted by molar-refractivity contribution is 9.10. The fourth-order valence-corrected chi connectivity index (χ4v) is 2.97. The molecule has 1 aromatic rings. The number of rotatable bonds is 3. The molecule has 0 aromatic carbocycles. The van der Waals surface area contributed by atoms with E-state index in [1.807, 2.05) is 19.2 Å². The molecule has 0 aliphatic carbocycles. The average Bonchev–Trinajstić information content (AvgIpc) is 2.19. The summed E-state index contributed by atoms with van der Waals surface area (Å²) in [6.07, 6.45) is 1.86. The number of pyridine rings is 1. The van der Waals surface area contributed by atoms with Crippen molar-refractivity contribution in [1.29, 1.82) is 0 Å². The zero-order valence-electron chi connectivity index (χ0n) is 10.8. The van der Waals surface area contributed by atoms with Gasteiger partial charge in [-0.15, -0.1) is 0 Å². The van der Waals surface area contributed by atoms with Crippen LogP contribution in [0.4, 0.5) is 0 Å². The lowest BCUT2D eigenvalue weighted by molar-refractivity contribution is 0.236. The van der Waals surface area contributed by atoms with Crippen molar-refractivity contribution >= 4 is 28.6 Å². The molecular formula is C13H20BrNOS. The van der Waals surface area contributed by atoms with Gasteiger partial charge in [0.05, 0.1) is 0 Å². The molecule has 1 rings (SSSR count). The number of hydrogen-bond donors (Lipinski definition) is 1. The lowest BCUT2D eigenvalue weighted by atomic mass is 9.82. The summed E-state index contributed by atoms with van der Waals surface area (Å²) in [4.78, 5) is 12.0. The second-order valence-electron chi connectivity index (χ2n) is 5.54. The average molecular weight is 318 g/mol. The summed E-state index contributed by atoms with van der Waals surface area (Å²) in [5.41, 5.74) is 1.01. The van der Waals surface area contributed by atoms with Crippen molar-refractivity contribution in [2.75, 3.05) is 5.75 Å². The van der Waals surface area contributed by atoms with Gasteiger partial charge in [-0.3, -0.25) is 4.79 Å². The summed E-state index contributed by atoms with van der Waals surface area (Å²) in [5.74, 6) is 1.15. The van der Waals surface area contributed by atoms with Gasteiger partial charge in [0.15, 0.2) is 0 Å². The largest absolute Gasteiger partial charge is 0.314 e. The lowest BCUT2D eigenvalue weighted by Gasteiger charge is -2.30. The Morgan fingerprint density at radius 2 is 2.06 bits per heavy atom. The number of hydrogen-bond acceptors (Lipinski definition) is 2. The smallest absolute Gasteiger partial charge is 0.253 e. The molecule has 0 N–H and O–H groups in total. The molecule has 96 valence electrons. The highest BCUT2D eigenvalue weighted by Crippen LogP contribution is 2.28. The minimum Gasteiger partial charge on any atom is -0.314 e. The maximum atomic E-state index is 12.0. The van der Waals surface area contributed by atoms with Crippen LogP contribution in [-0.4, -0.2) is 10.3 Å². The molecule has 2 nitrogen and oxygen atoms in total. The first-order valence-corrected chi connectivity index (χ1v) is 7.15. The molecule has 1 heterocycles. The van der Waals surface area contributed by atoms with E-state index < -0.39 is 0 Å². The first-order chi connectivity index (χ1) is 7.75. The van der Waals surface area contributed by atoms with Gasteiger partial charge in [-0.2, -0.15) is 12.6 Å². The number of aromatic nitrogens is 1. The molecule has 1 aromatic heterocycles. The second kappa shape index (κ2) is 5.61. The monoisotopic (exact) mass is 317 g/mol. The van der Waals surface area contributed by atoms with Gasteiger partial charge in [-0.25, -0.2) is 0 Å². The van der Waals surface area contributed by atoms with Gasteiger partial charge in [0.25, 0.3) is 5.56 Å². The van der Waals surface area contributed by atoms with Crippen molar-refractivity contribution in [3.63, 3.8) is 0 Å². The van der Waals surface area contributed by atoms with Crippen LogP contribution < -0.4 is 5.56 Å². The van der Waals surface area contributed by atoms with E-state index in [0.717, 1.165) is 15.8 Å². The van der Waals surface area contributed by atoms with Gasteiger partial charge in [0.1, 0.15) is 0 Å². The summed E-state index contributed by atoms with van der Waals surface area (Å²) < 4.78 is 2.73. The highest BCUT2D eigenvalue weighted by atomic mass is 79.9. The van der Waals surface area contributed by atoms with Crippen LogP contribution >= 0.6 is 28.6 Å². The first-order valence-electron chi connectivity index (χ1n) is 5.73. The molecule has 0 radical (unpaired) electrons. The maximum absolute atomic E-state index is 12.0. The van der Waals surface area contributed by atoms with E-state index in [4.69, 9.17) is 0 Å². The zero-order chi connectivity index (χ0) is 13.2. The molecule has 0 bridgehead atoms. The van der Waals surface area contributed by atoms with E-state index in [-0.39, 0.29) is 11.0 Å². The minimum atomic E-state index is 0.0873. The van der Waals surface area contributed by atoms with Crippen LogP contribution in [0, 0.1) is 18.3 Å². The minimum absolute atomic E-state index is 0.0873. The van der Waals surface area contributed by atoms with Crippen LogP contribution in [0.2, 0.25) is 0 Å². The standard InChI is InChI=1S/C13H20BrNOS/c1-9-5-11(14)7-15(12(9)16)6-10(8-17)13(2,3)4/h5,7,10,17H,6,8H2,1-4H3. The third-order valence-electron chi connectivity index (χ3n) is 3.09. The van der Waals surface area contributed by atoms with Crippen LogP contribution in [0.15, 0.2) is 21.5 Å². The fourth-order valence-electron chi connectivity index (χ4n) is 1.72. The van der Waals surface area contributed by atoms with Crippen molar-refractivity contribution < 1.29 is 0 Å². The van der Waals surface area contributed by atoms with Crippen LogP contribution in [0.1, 0.15) is 26.3 Å². The molecule has 0 fully saturated rings. The predicted molar refractivity (Wildman–Crippen MR) is 79.9 cm³/mol. The fraction of sp³-hybridized carbons (Fsp3) is 0.615. The van der Waals surface area contributed by atoms with Crippen molar-refractivity contribution in [2.24, 2.45) is 11.3 Å². The Bertz CT molecular complexity index is 448. The third kappa shape index (κ3) is 3.88. The van der Waals surface area contributed by atoms with Crippen LogP contribution in [0.3, 0.4) is 0 Å². The Morgan fingerprint density at radius 1 is 1.47 bits per heavy atom. The molecule has 1 atom stereocenters. The Morgan fingerprint density at radius 3 is 2.53 bits per heavy atom. The normalized spacial score (nSPS) is 13.8. The predicted octanol–water partition coefficient (Wildman–Crippen LogP) is 3.51. The molecule has 17 heavy (non-hydrogen) atoms. The van der Waals surface area contributed by atoms with Crippen molar-refractivity contribution in [3.05, 3.63) is 32.7 Å². The maximum Gasteiger partial charge on any atom is 0.253 e. The summed E-state index contributed by atoms with van der Waals surface area (Å²) in [7, 11) is 0. The second-order valence-corrected chi connectivity index (χ2v) is 6.83. The van der Waals surface area contributed by atoms with Gasteiger partial charge in [0.2, 0.25) is 0 Å². The molecule has 1 unspecified atom stereocenters. The van der Waals surface area contributed by atoms with E-state index in [9.17, 15) is 4.79 Å². The van der Waals surface area contributed by atoms with Crippen molar-refractivity contribution in [1.82, 2.24) is 4.57 Å². The third-order valence-corrected chi connectivity index (χ3v) is 3.97. The van der Waals surface area contributed by atoms with Gasteiger partial charge < -0.3 is 4.57 Å². The zero-order valence-corrected chi connectivity index (χ0v) is 13.3. The van der Waals surface area contributed by atoms with E-state index in [0.29, 0.717) is 12.5 Å². The van der Waals surface area contributed by atoms with E-state index in [1.54, 1.807) is 4.57 Å². The van der Waals surface area contributed by atoms with Crippen molar-refractivity contribution in [2.45, 2.75) is 34.2 Å². The van der Waals surface area contributed by atoms with Gasteiger partial charge >= 0.3 is 0 Å². The quantitative estimate of drug-likeness (QED) is 0.847. The molecule has 0 amide bonds. The molecule has 0 spiro atoms. The lowest BCUT2D eigenvalue weighted by Crippen LogP contribution is -2.32. The summed E-state index contributed by atoms with van der Waals surface area (Å²) in [5, 5.41) is 0. The molecule has 0 saturated carbocycles.